The van der Waals surface area contributed by atoms with Gasteiger partial charge in [-0.1, -0.05) is 46.7 Å². The van der Waals surface area contributed by atoms with Crippen LogP contribution in [0.5, 0.6) is 0 Å². The van der Waals surface area contributed by atoms with Gasteiger partial charge in [0.2, 0.25) is 12.0 Å². The zero-order valence-corrected chi connectivity index (χ0v) is 49.0. The molecule has 474 valence electrons. The SMILES string of the molecule is C=C(C)C(=O)OC(C)C(F)(F)F.C=C(C)C(=O)OC12CC3CC(CC(C3)C1)C2.C=C(C)C(=O)OC1CCOC1=O.C=C(C)C(=O)OCCC(C)(F)F.C=C(C)C(=O)OCCC(F)(F)F.COC(=O)C1C2CC3C(OC(=O)C31)C2OC(=O)C(C)C. The van der Waals surface area contributed by atoms with E-state index in [2.05, 4.69) is 51.8 Å². The van der Waals surface area contributed by atoms with Crippen molar-refractivity contribution in [1.29, 1.82) is 0 Å². The van der Waals surface area contributed by atoms with Crippen molar-refractivity contribution in [2.75, 3.05) is 26.9 Å². The number of hydrogen-bond acceptors (Lipinski definition) is 18. The van der Waals surface area contributed by atoms with Crippen molar-refractivity contribution < 1.29 is 121 Å². The van der Waals surface area contributed by atoms with Crippen LogP contribution in [0.4, 0.5) is 35.1 Å². The number of methoxy groups -OCH3 is 1. The summed E-state index contributed by atoms with van der Waals surface area (Å²) in [5, 5.41) is 0. The molecule has 2 aliphatic heterocycles. The summed E-state index contributed by atoms with van der Waals surface area (Å²) < 4.78 is 138. The predicted molar refractivity (Wildman–Crippen MR) is 281 cm³/mol. The molecule has 8 rings (SSSR count). The molecule has 2 heterocycles. The molecule has 6 aliphatic carbocycles. The first-order valence-electron chi connectivity index (χ1n) is 27.0. The molecule has 0 amide bonds. The zero-order valence-electron chi connectivity index (χ0n) is 49.0. The smallest absolute Gasteiger partial charge is 0.425 e. The molecule has 0 radical (unpaired) electrons. The van der Waals surface area contributed by atoms with Crippen molar-refractivity contribution in [3.8, 4) is 0 Å². The average Bonchev–Trinajstić information content (AvgIpc) is 2.15. The predicted octanol–water partition coefficient (Wildman–Crippen LogP) is 10.3. The first-order chi connectivity index (χ1) is 38.5. The number of carbonyl (C=O) groups excluding carboxylic acids is 9. The van der Waals surface area contributed by atoms with E-state index in [1.165, 1.54) is 54.1 Å². The van der Waals surface area contributed by atoms with E-state index >= 15 is 0 Å². The van der Waals surface area contributed by atoms with Crippen molar-refractivity contribution in [2.24, 2.45) is 47.3 Å². The summed E-state index contributed by atoms with van der Waals surface area (Å²) in [7, 11) is 1.31. The third kappa shape index (κ3) is 23.4. The van der Waals surface area contributed by atoms with Gasteiger partial charge in [0.05, 0.1) is 44.5 Å². The highest BCUT2D eigenvalue weighted by atomic mass is 19.4. The highest BCUT2D eigenvalue weighted by Crippen LogP contribution is 2.59. The van der Waals surface area contributed by atoms with E-state index in [-0.39, 0.29) is 76.3 Å². The Morgan fingerprint density at radius 1 is 0.631 bits per heavy atom. The molecule has 0 aromatic heterocycles. The maximum atomic E-state index is 12.2. The van der Waals surface area contributed by atoms with E-state index in [9.17, 15) is 78.3 Å². The van der Waals surface area contributed by atoms with Crippen LogP contribution in [0.3, 0.4) is 0 Å². The molecule has 26 heteroatoms. The maximum absolute atomic E-state index is 12.2. The number of esters is 9. The Labute approximate surface area is 483 Å². The summed E-state index contributed by atoms with van der Waals surface area (Å²) in [5.41, 5.74) is 0.980. The summed E-state index contributed by atoms with van der Waals surface area (Å²) in [4.78, 5) is 101. The van der Waals surface area contributed by atoms with E-state index in [4.69, 9.17) is 23.7 Å². The van der Waals surface area contributed by atoms with Crippen LogP contribution in [0.15, 0.2) is 60.8 Å². The largest absolute Gasteiger partial charge is 0.469 e. The van der Waals surface area contributed by atoms with Crippen LogP contribution in [0.25, 0.3) is 0 Å². The molecular formula is C58H78F8O18. The fraction of sp³-hybridized carbons (Fsp3) is 0.672. The van der Waals surface area contributed by atoms with E-state index < -0.39 is 104 Å². The second kappa shape index (κ2) is 31.5. The molecule has 8 fully saturated rings. The van der Waals surface area contributed by atoms with Gasteiger partial charge in [0.25, 0.3) is 0 Å². The van der Waals surface area contributed by atoms with Crippen LogP contribution in [0.2, 0.25) is 0 Å². The number of alkyl halides is 8. The summed E-state index contributed by atoms with van der Waals surface area (Å²) in [6.07, 6.45) is -5.49. The third-order valence-corrected chi connectivity index (χ3v) is 14.1. The topological polar surface area (TPSA) is 237 Å². The van der Waals surface area contributed by atoms with Gasteiger partial charge in [-0.15, -0.1) is 0 Å². The molecule has 0 aromatic carbocycles. The van der Waals surface area contributed by atoms with Gasteiger partial charge in [-0.2, -0.15) is 26.3 Å². The van der Waals surface area contributed by atoms with Gasteiger partial charge >= 0.3 is 66.1 Å². The van der Waals surface area contributed by atoms with Gasteiger partial charge in [-0.05, 0) is 111 Å². The Kier molecular flexibility index (Phi) is 27.5. The lowest BCUT2D eigenvalue weighted by molar-refractivity contribution is -0.213. The monoisotopic (exact) mass is 1210 g/mol. The Morgan fingerprint density at radius 2 is 1.10 bits per heavy atom. The van der Waals surface area contributed by atoms with Gasteiger partial charge in [0.15, 0.2) is 6.10 Å². The summed E-state index contributed by atoms with van der Waals surface area (Å²) >= 11 is 0. The number of carbonyl (C=O) groups is 9. The number of cyclic esters (lactones) is 1. The highest BCUT2D eigenvalue weighted by molar-refractivity contribution is 5.90. The van der Waals surface area contributed by atoms with Crippen LogP contribution in [-0.2, 0) is 85.8 Å². The van der Waals surface area contributed by atoms with Crippen LogP contribution in [-0.4, -0.2) is 129 Å². The van der Waals surface area contributed by atoms with E-state index in [1.54, 1.807) is 20.8 Å². The summed E-state index contributed by atoms with van der Waals surface area (Å²) in [6, 6.07) is 0. The molecule has 6 saturated carbocycles. The number of fused-ring (bicyclic) bond motifs is 1. The molecule has 2 saturated heterocycles. The number of hydrogen-bond donors (Lipinski definition) is 0. The third-order valence-electron chi connectivity index (χ3n) is 14.1. The highest BCUT2D eigenvalue weighted by Gasteiger charge is 2.70. The van der Waals surface area contributed by atoms with Crippen molar-refractivity contribution in [3.63, 3.8) is 0 Å². The quantitative estimate of drug-likeness (QED) is 0.0604. The minimum Gasteiger partial charge on any atom is -0.469 e. The van der Waals surface area contributed by atoms with Crippen molar-refractivity contribution in [1.82, 2.24) is 0 Å². The fourth-order valence-corrected chi connectivity index (χ4v) is 10.3. The summed E-state index contributed by atoms with van der Waals surface area (Å²) in [5.74, 6) is -6.46. The minimum absolute atomic E-state index is 0.0263. The second-order valence-electron chi connectivity index (χ2n) is 22.4. The van der Waals surface area contributed by atoms with Gasteiger partial charge in [0.1, 0.15) is 24.4 Å². The molecule has 0 N–H and O–H groups in total. The van der Waals surface area contributed by atoms with Crippen molar-refractivity contribution in [3.05, 3.63) is 60.8 Å². The standard InChI is InChI=1S/C14H18O6.C14H20O2.C8H12F2O2.C8H10O4.2C7H9F3O2/c1-5(2)12(15)19-10-6-4-7-9(8(6)13(16)18-3)14(17)20-11(7)10;1-9(2)13(15)16-14-6-10-3-11(7-14)5-12(4-10)8-14;1-6(2)7(11)12-5-4-8(3,9)10;1-5(2)7(9)12-6-3-4-11-8(6)10;1-5(2)6(11)12-4-3-7(8,9)10;1-4(2)6(11)12-5(3)7(8,9)10/h5-11H,4H2,1-3H3;10-12H,1,3-8H2,2H3;1,4-5H2,2-3H3;6H,1,3-4H2,2H3;1,3-4H2,2H3;5H,1H2,2-3H3. The van der Waals surface area contributed by atoms with Crippen LogP contribution in [0.1, 0.15) is 127 Å². The lowest BCUT2D eigenvalue weighted by atomic mass is 9.54. The first kappa shape index (κ1) is 73.5. The zero-order chi connectivity index (χ0) is 64.6. The second-order valence-corrected chi connectivity index (χ2v) is 22.4. The number of ether oxygens (including phenoxy) is 9. The fourth-order valence-electron chi connectivity index (χ4n) is 10.3. The van der Waals surface area contributed by atoms with Crippen LogP contribution >= 0.6 is 0 Å². The molecule has 8 atom stereocenters. The first-order valence-corrected chi connectivity index (χ1v) is 27.0. The van der Waals surface area contributed by atoms with E-state index in [0.29, 0.717) is 25.0 Å². The Balaban J connectivity index is 0.000000349. The lowest BCUT2D eigenvalue weighted by Crippen LogP contribution is -2.52. The Hall–Kier alpha value is -6.63. The van der Waals surface area contributed by atoms with Crippen molar-refractivity contribution >= 4 is 53.7 Å². The van der Waals surface area contributed by atoms with E-state index in [1.807, 2.05) is 0 Å². The molecule has 84 heavy (non-hydrogen) atoms. The molecule has 0 spiro atoms. The van der Waals surface area contributed by atoms with Gasteiger partial charge in [0, 0.05) is 52.5 Å². The normalized spacial score (nSPS) is 26.4. The Bertz CT molecular complexity index is 2380. The van der Waals surface area contributed by atoms with Gasteiger partial charge in [-0.3, -0.25) is 14.4 Å². The van der Waals surface area contributed by atoms with Gasteiger partial charge in [-0.25, -0.2) is 37.5 Å². The molecule has 18 nitrogen and oxygen atoms in total. The van der Waals surface area contributed by atoms with Crippen LogP contribution in [0, 0.1) is 47.3 Å². The van der Waals surface area contributed by atoms with Crippen LogP contribution < -0.4 is 0 Å². The number of rotatable bonds is 16. The average molecular weight is 1220 g/mol. The molecule has 8 unspecified atom stereocenters. The van der Waals surface area contributed by atoms with Crippen molar-refractivity contribution in [2.45, 2.75) is 175 Å². The summed E-state index contributed by atoms with van der Waals surface area (Å²) in [6.45, 7) is 28.6. The maximum Gasteiger partial charge on any atom is 0.425 e. The number of halogens is 8. The lowest BCUT2D eigenvalue weighted by Gasteiger charge is -2.55. The molecular weight excluding hydrogens is 1140 g/mol. The minimum atomic E-state index is -4.51. The van der Waals surface area contributed by atoms with E-state index in [0.717, 1.165) is 50.9 Å². The molecule has 8 aliphatic rings. The Morgan fingerprint density at radius 3 is 1.48 bits per heavy atom. The molecule has 0 aromatic rings. The molecule has 6 bridgehead atoms. The van der Waals surface area contributed by atoms with Gasteiger partial charge < -0.3 is 42.6 Å².